The van der Waals surface area contributed by atoms with Crippen LogP contribution in [0.1, 0.15) is 56.4 Å². The summed E-state index contributed by atoms with van der Waals surface area (Å²) >= 11 is 0. The van der Waals surface area contributed by atoms with Gasteiger partial charge in [-0.2, -0.15) is 5.10 Å². The first kappa shape index (κ1) is 36.1. The van der Waals surface area contributed by atoms with Gasteiger partial charge in [0.2, 0.25) is 5.91 Å². The van der Waals surface area contributed by atoms with Crippen molar-refractivity contribution in [2.45, 2.75) is 70.9 Å². The first-order valence-electron chi connectivity index (χ1n) is 15.9. The Kier molecular flexibility index (Phi) is 12.7. The number of esters is 1. The van der Waals surface area contributed by atoms with Crippen LogP contribution in [0.2, 0.25) is 0 Å². The summed E-state index contributed by atoms with van der Waals surface area (Å²) in [6, 6.07) is -0.922. The second-order valence-corrected chi connectivity index (χ2v) is 12.2. The fraction of sp³-hybridized carbons (Fsp3) is 0.515. The minimum atomic E-state index is -1.50. The van der Waals surface area contributed by atoms with E-state index in [0.717, 1.165) is 6.26 Å². The van der Waals surface area contributed by atoms with Gasteiger partial charge in [0.15, 0.2) is 11.6 Å². The van der Waals surface area contributed by atoms with Gasteiger partial charge in [-0.05, 0) is 25.8 Å². The number of fused-ring (bicyclic) bond motifs is 3. The van der Waals surface area contributed by atoms with Crippen LogP contribution in [0.5, 0.6) is 0 Å². The van der Waals surface area contributed by atoms with Gasteiger partial charge in [-0.25, -0.2) is 19.0 Å². The fourth-order valence-electron chi connectivity index (χ4n) is 5.57. The second kappa shape index (κ2) is 16.9. The number of aromatic nitrogens is 3. The van der Waals surface area contributed by atoms with E-state index in [-0.39, 0.29) is 44.1 Å². The molecule has 0 aliphatic carbocycles. The van der Waals surface area contributed by atoms with E-state index in [2.05, 4.69) is 20.7 Å². The molecule has 3 amide bonds. The van der Waals surface area contributed by atoms with E-state index in [1.54, 1.807) is 52.2 Å². The highest BCUT2D eigenvalue weighted by Crippen LogP contribution is 2.26. The first-order chi connectivity index (χ1) is 22.9. The Morgan fingerprint density at radius 1 is 1.29 bits per heavy atom. The number of aliphatic hydroxyl groups is 1. The van der Waals surface area contributed by atoms with Gasteiger partial charge >= 0.3 is 12.1 Å². The van der Waals surface area contributed by atoms with Gasteiger partial charge < -0.3 is 29.2 Å². The minimum Gasteiger partial charge on any atom is -0.460 e. The van der Waals surface area contributed by atoms with Crippen LogP contribution >= 0.6 is 0 Å². The maximum Gasteiger partial charge on any atom is 0.411 e. The number of ether oxygens (including phenoxy) is 2. The lowest BCUT2D eigenvalue weighted by Crippen LogP contribution is -2.44. The van der Waals surface area contributed by atoms with Crippen LogP contribution in [-0.4, -0.2) is 92.8 Å². The number of allylic oxidation sites excluding steroid dienone is 2. The van der Waals surface area contributed by atoms with Crippen molar-refractivity contribution in [2.75, 3.05) is 25.0 Å². The molecular formula is C33H43FN6O8. The molecule has 0 radical (unpaired) electrons. The molecule has 2 bridgehead atoms. The van der Waals surface area contributed by atoms with Crippen LogP contribution in [0.15, 0.2) is 59.0 Å². The highest BCUT2D eigenvalue weighted by atomic mass is 19.1. The van der Waals surface area contributed by atoms with E-state index in [9.17, 15) is 28.7 Å². The number of nitrogens with zero attached hydrogens (tertiary/aromatic N) is 4. The molecule has 14 nitrogen and oxygen atoms in total. The quantitative estimate of drug-likeness (QED) is 0.409. The summed E-state index contributed by atoms with van der Waals surface area (Å²) in [5, 5.41) is 19.6. The molecule has 3 N–H and O–H groups in total. The predicted octanol–water partition coefficient (Wildman–Crippen LogP) is 3.27. The van der Waals surface area contributed by atoms with Crippen molar-refractivity contribution in [1.29, 1.82) is 0 Å². The number of anilines is 1. The highest BCUT2D eigenvalue weighted by molar-refractivity contribution is 5.95. The lowest BCUT2D eigenvalue weighted by molar-refractivity contribution is -0.159. The number of halogens is 1. The standard InChI is InChI=1S/C33H43FN6O8/c1-20-7-5-11-35-28(42)10-9-21(2)30(22(3)18-47-33(45)37-24-16-36-39(4)17-24)48-32(44)27-8-6-12-40(27)31(43)26-19-46-29(38-26)15-23(34)14-25(41)13-20/h5,7,9-10,13,16-17,19,21-23,25,27,30,41H,6,8,11-12,14-15,18H2,1-4H3,(H,35,42)(H,37,45)/b7-5+,10-9+,20-13+/t21-,22-,23-,25-,27-,30+/m1/s1. The number of carbonyl (C=O) groups is 4. The number of aliphatic hydroxyl groups excluding tert-OH is 1. The Labute approximate surface area is 278 Å². The number of nitrogens with one attached hydrogen (secondary N) is 2. The van der Waals surface area contributed by atoms with Crippen LogP contribution in [-0.2, 0) is 32.5 Å². The largest absolute Gasteiger partial charge is 0.460 e. The van der Waals surface area contributed by atoms with Gasteiger partial charge in [0.25, 0.3) is 5.91 Å². The zero-order chi connectivity index (χ0) is 34.8. The van der Waals surface area contributed by atoms with E-state index in [0.29, 0.717) is 24.1 Å². The van der Waals surface area contributed by atoms with Crippen molar-refractivity contribution >= 4 is 29.6 Å². The monoisotopic (exact) mass is 670 g/mol. The maximum atomic E-state index is 14.8. The lowest BCUT2D eigenvalue weighted by atomic mass is 9.93. The van der Waals surface area contributed by atoms with Crippen molar-refractivity contribution in [2.24, 2.45) is 18.9 Å². The summed E-state index contributed by atoms with van der Waals surface area (Å²) in [7, 11) is 1.71. The molecular weight excluding hydrogens is 627 g/mol. The molecule has 0 aromatic carbocycles. The molecule has 0 spiro atoms. The molecule has 15 heteroatoms. The van der Waals surface area contributed by atoms with E-state index >= 15 is 0 Å². The molecule has 0 saturated carbocycles. The minimum absolute atomic E-state index is 0.00633. The smallest absolute Gasteiger partial charge is 0.411 e. The zero-order valence-electron chi connectivity index (χ0n) is 27.5. The van der Waals surface area contributed by atoms with E-state index < -0.39 is 60.1 Å². The van der Waals surface area contributed by atoms with E-state index in [1.165, 1.54) is 27.9 Å². The molecule has 260 valence electrons. The number of amides is 3. The molecule has 0 unspecified atom stereocenters. The average molecular weight is 671 g/mol. The zero-order valence-corrected chi connectivity index (χ0v) is 27.5. The Morgan fingerprint density at radius 3 is 2.83 bits per heavy atom. The van der Waals surface area contributed by atoms with Crippen LogP contribution in [0.3, 0.4) is 0 Å². The van der Waals surface area contributed by atoms with Gasteiger partial charge in [0, 0.05) is 44.6 Å². The Morgan fingerprint density at radius 2 is 2.08 bits per heavy atom. The molecule has 4 heterocycles. The number of hydrogen-bond acceptors (Lipinski definition) is 10. The third-order valence-corrected chi connectivity index (χ3v) is 7.99. The molecule has 1 fully saturated rings. The van der Waals surface area contributed by atoms with E-state index in [1.807, 2.05) is 0 Å². The normalized spacial score (nSPS) is 27.9. The highest BCUT2D eigenvalue weighted by Gasteiger charge is 2.39. The predicted molar refractivity (Wildman–Crippen MR) is 171 cm³/mol. The molecule has 2 aromatic heterocycles. The van der Waals surface area contributed by atoms with Crippen molar-refractivity contribution in [3.05, 3.63) is 66.2 Å². The molecule has 1 saturated heterocycles. The number of cyclic esters (lactones) is 1. The molecule has 48 heavy (non-hydrogen) atoms. The number of aryl methyl sites for hydroxylation is 1. The average Bonchev–Trinajstić information content (AvgIpc) is 3.80. The molecule has 2 aromatic rings. The Balaban J connectivity index is 1.54. The summed E-state index contributed by atoms with van der Waals surface area (Å²) in [5.41, 5.74) is 1.05. The van der Waals surface area contributed by atoms with Gasteiger partial charge in [0.05, 0.1) is 31.0 Å². The lowest BCUT2D eigenvalue weighted by Gasteiger charge is -2.30. The summed E-state index contributed by atoms with van der Waals surface area (Å²) in [5.74, 6) is -2.63. The summed E-state index contributed by atoms with van der Waals surface area (Å²) < 4.78 is 33.1. The molecule has 2 aliphatic rings. The molecule has 6 atom stereocenters. The SMILES string of the molecule is CC1=C\[C@@H](O)C[C@@H](F)Cc2nc(co2)C(=O)N2CCC[C@@H]2C(=O)O[C@H]([C@H](C)COC(=O)Nc2cnn(C)c2)[C@H](C)/C=C/C(=O)NC\C=C\1. The van der Waals surface area contributed by atoms with Crippen LogP contribution in [0, 0.1) is 11.8 Å². The Bertz CT molecular complexity index is 1530. The van der Waals surface area contributed by atoms with Crippen molar-refractivity contribution < 1.29 is 42.6 Å². The van der Waals surface area contributed by atoms with Crippen LogP contribution < -0.4 is 10.6 Å². The third kappa shape index (κ3) is 10.4. The summed E-state index contributed by atoms with van der Waals surface area (Å²) in [6.07, 6.45) is 8.31. The van der Waals surface area contributed by atoms with Crippen molar-refractivity contribution in [3.63, 3.8) is 0 Å². The van der Waals surface area contributed by atoms with Crippen molar-refractivity contribution in [3.8, 4) is 0 Å². The third-order valence-electron chi connectivity index (χ3n) is 7.99. The number of alkyl halides is 1. The molecule has 4 rings (SSSR count). The number of carbonyl (C=O) groups excluding carboxylic acids is 4. The van der Waals surface area contributed by atoms with Crippen LogP contribution in [0.4, 0.5) is 14.9 Å². The number of oxazole rings is 1. The van der Waals surface area contributed by atoms with Crippen LogP contribution in [0.25, 0.3) is 0 Å². The summed E-state index contributed by atoms with van der Waals surface area (Å²) in [4.78, 5) is 57.5. The Hall–Kier alpha value is -4.79. The van der Waals surface area contributed by atoms with Crippen molar-refractivity contribution in [1.82, 2.24) is 25.0 Å². The van der Waals surface area contributed by atoms with E-state index in [4.69, 9.17) is 13.9 Å². The maximum absolute atomic E-state index is 14.8. The second-order valence-electron chi connectivity index (χ2n) is 12.2. The first-order valence-corrected chi connectivity index (χ1v) is 15.9. The van der Waals surface area contributed by atoms with Gasteiger partial charge in [-0.3, -0.25) is 19.6 Å². The van der Waals surface area contributed by atoms with Gasteiger partial charge in [-0.15, -0.1) is 0 Å². The van der Waals surface area contributed by atoms with Gasteiger partial charge in [0.1, 0.15) is 24.6 Å². The van der Waals surface area contributed by atoms with Gasteiger partial charge in [-0.1, -0.05) is 43.7 Å². The molecule has 2 aliphatic heterocycles. The number of hydrogen-bond donors (Lipinski definition) is 3. The topological polar surface area (TPSA) is 178 Å². The fourth-order valence-corrected chi connectivity index (χ4v) is 5.57. The summed E-state index contributed by atoms with van der Waals surface area (Å²) in [6.45, 7) is 5.59. The number of rotatable bonds is 4.